The number of hydrogen-bond donors (Lipinski definition) is 2. The maximum Gasteiger partial charge on any atom is 0.335 e. The van der Waals surface area contributed by atoms with Crippen LogP contribution in [0, 0.1) is 17.8 Å². The number of hydrogen-bond acceptors (Lipinski definition) is 3. The first-order valence-electron chi connectivity index (χ1n) is 9.99. The first-order valence-corrected chi connectivity index (χ1v) is 9.99. The Morgan fingerprint density at radius 3 is 2.60 bits per heavy atom. The predicted molar refractivity (Wildman–Crippen MR) is 109 cm³/mol. The molecule has 1 aliphatic rings. The molecule has 1 aliphatic heterocycles. The summed E-state index contributed by atoms with van der Waals surface area (Å²) < 4.78 is 28.0. The van der Waals surface area contributed by atoms with E-state index in [0.29, 0.717) is 12.8 Å². The molecule has 1 aromatic carbocycles. The highest BCUT2D eigenvalue weighted by atomic mass is 19.3. The molecule has 0 bridgehead atoms. The lowest BCUT2D eigenvalue weighted by Gasteiger charge is -2.22. The lowest BCUT2D eigenvalue weighted by Crippen LogP contribution is -2.37. The molecule has 0 aliphatic carbocycles. The molecule has 0 aromatic heterocycles. The van der Waals surface area contributed by atoms with Crippen molar-refractivity contribution < 1.29 is 28.6 Å². The molecule has 2 N–H and O–H groups in total. The summed E-state index contributed by atoms with van der Waals surface area (Å²) in [5, 5.41) is 19.2. The van der Waals surface area contributed by atoms with Crippen LogP contribution in [0.5, 0.6) is 0 Å². The highest BCUT2D eigenvalue weighted by Crippen LogP contribution is 2.34. The Morgan fingerprint density at radius 1 is 1.33 bits per heavy atom. The van der Waals surface area contributed by atoms with Crippen LogP contribution >= 0.6 is 0 Å². The smallest absolute Gasteiger partial charge is 0.335 e. The summed E-state index contributed by atoms with van der Waals surface area (Å²) in [4.78, 5) is 24.2. The molecule has 1 heterocycles. The van der Waals surface area contributed by atoms with E-state index in [2.05, 4.69) is 11.8 Å². The van der Waals surface area contributed by atoms with Gasteiger partial charge in [0.2, 0.25) is 0 Å². The summed E-state index contributed by atoms with van der Waals surface area (Å²) in [6.07, 6.45) is 3.01. The second-order valence-electron chi connectivity index (χ2n) is 7.49. The van der Waals surface area contributed by atoms with Crippen LogP contribution in [0.3, 0.4) is 0 Å². The van der Waals surface area contributed by atoms with Crippen molar-refractivity contribution in [3.8, 4) is 11.8 Å². The van der Waals surface area contributed by atoms with Crippen LogP contribution < -0.4 is 0 Å². The van der Waals surface area contributed by atoms with Gasteiger partial charge in [0.15, 0.2) is 0 Å². The molecule has 3 atom stereocenters. The van der Waals surface area contributed by atoms with Gasteiger partial charge in [-0.25, -0.2) is 4.79 Å². The number of carbonyl (C=O) groups is 2. The average molecular weight is 419 g/mol. The molecule has 0 spiro atoms. The fourth-order valence-corrected chi connectivity index (χ4v) is 3.23. The summed E-state index contributed by atoms with van der Waals surface area (Å²) in [7, 11) is 0. The second-order valence-corrected chi connectivity index (χ2v) is 7.49. The van der Waals surface area contributed by atoms with Crippen molar-refractivity contribution in [3.63, 3.8) is 0 Å². The minimum atomic E-state index is -3.44. The van der Waals surface area contributed by atoms with Gasteiger partial charge in [0.25, 0.3) is 5.91 Å². The molecule has 0 radical (unpaired) electrons. The maximum atomic E-state index is 14.0. The molecule has 1 unspecified atom stereocenters. The third-order valence-electron chi connectivity index (χ3n) is 5.12. The molecule has 162 valence electrons. The quantitative estimate of drug-likeness (QED) is 0.499. The molecule has 1 fully saturated rings. The highest BCUT2D eigenvalue weighted by molar-refractivity contribution is 5.87. The van der Waals surface area contributed by atoms with Crippen molar-refractivity contribution in [2.45, 2.75) is 57.6 Å². The van der Waals surface area contributed by atoms with E-state index in [1.165, 1.54) is 24.3 Å². The second kappa shape index (κ2) is 10.4. The number of benzene rings is 1. The zero-order chi connectivity index (χ0) is 22.3. The summed E-state index contributed by atoms with van der Waals surface area (Å²) in [5.74, 6) is 0.0181. The Bertz CT molecular complexity index is 839. The van der Waals surface area contributed by atoms with Crippen molar-refractivity contribution >= 4 is 11.9 Å². The number of carbonyl (C=O) groups excluding carboxylic acids is 1. The number of aliphatic hydroxyl groups excluding tert-OH is 1. The summed E-state index contributed by atoms with van der Waals surface area (Å²) in [6.45, 7) is 3.83. The normalized spacial score (nSPS) is 20.1. The van der Waals surface area contributed by atoms with Gasteiger partial charge in [-0.1, -0.05) is 38.1 Å². The maximum absolute atomic E-state index is 14.0. The van der Waals surface area contributed by atoms with E-state index < -0.39 is 36.4 Å². The SMILES string of the molecule is CCC#CC[C@@H](C)[C@H](O)C=CC1CC(F)(F)C(=O)N1CCc1ccc(C(=O)O)cc1. The molecule has 30 heavy (non-hydrogen) atoms. The van der Waals surface area contributed by atoms with Gasteiger partial charge >= 0.3 is 11.9 Å². The van der Waals surface area contributed by atoms with Crippen LogP contribution in [0.2, 0.25) is 0 Å². The van der Waals surface area contributed by atoms with E-state index in [1.54, 1.807) is 12.1 Å². The first kappa shape index (κ1) is 23.6. The van der Waals surface area contributed by atoms with Gasteiger partial charge in [-0.15, -0.1) is 11.8 Å². The minimum Gasteiger partial charge on any atom is -0.478 e. The number of carboxylic acid groups (broad SMARTS) is 1. The zero-order valence-electron chi connectivity index (χ0n) is 17.1. The number of carboxylic acids is 1. The van der Waals surface area contributed by atoms with Gasteiger partial charge in [0.05, 0.1) is 17.7 Å². The number of likely N-dealkylation sites (tertiary alicyclic amines) is 1. The molecular weight excluding hydrogens is 392 g/mol. The fraction of sp³-hybridized carbons (Fsp3) is 0.478. The Hall–Kier alpha value is -2.72. The average Bonchev–Trinajstić information content (AvgIpc) is 2.93. The van der Waals surface area contributed by atoms with Gasteiger partial charge in [0, 0.05) is 25.8 Å². The number of nitrogens with zero attached hydrogens (tertiary/aromatic N) is 1. The van der Waals surface area contributed by atoms with Gasteiger partial charge in [-0.05, 0) is 30.0 Å². The Balaban J connectivity index is 2.04. The lowest BCUT2D eigenvalue weighted by atomic mass is 9.99. The largest absolute Gasteiger partial charge is 0.478 e. The molecule has 1 aromatic rings. The number of aromatic carboxylic acids is 1. The van der Waals surface area contributed by atoms with Crippen LogP contribution in [0.25, 0.3) is 0 Å². The van der Waals surface area contributed by atoms with Crippen molar-refractivity contribution in [3.05, 3.63) is 47.5 Å². The molecule has 2 rings (SSSR count). The van der Waals surface area contributed by atoms with Crippen molar-refractivity contribution in [1.82, 2.24) is 4.90 Å². The molecule has 7 heteroatoms. The number of aliphatic hydroxyl groups is 1. The Labute approximate surface area is 175 Å². The van der Waals surface area contributed by atoms with Crippen LogP contribution in [0.1, 0.15) is 49.0 Å². The van der Waals surface area contributed by atoms with E-state index >= 15 is 0 Å². The van der Waals surface area contributed by atoms with E-state index in [-0.39, 0.29) is 18.0 Å². The molecule has 0 saturated carbocycles. The summed E-state index contributed by atoms with van der Waals surface area (Å²) >= 11 is 0. The highest BCUT2D eigenvalue weighted by Gasteiger charge is 2.52. The van der Waals surface area contributed by atoms with Crippen LogP contribution in [0.15, 0.2) is 36.4 Å². The number of alkyl halides is 2. The molecule has 1 amide bonds. The first-order chi connectivity index (χ1) is 14.2. The number of halogens is 2. The van der Waals surface area contributed by atoms with Crippen molar-refractivity contribution in [2.75, 3.05) is 6.54 Å². The van der Waals surface area contributed by atoms with Gasteiger partial charge < -0.3 is 15.1 Å². The predicted octanol–water partition coefficient (Wildman–Crippen LogP) is 3.52. The van der Waals surface area contributed by atoms with Crippen LogP contribution in [0.4, 0.5) is 8.78 Å². The van der Waals surface area contributed by atoms with Crippen LogP contribution in [-0.2, 0) is 11.2 Å². The van der Waals surface area contributed by atoms with Gasteiger partial charge in [-0.3, -0.25) is 4.79 Å². The van der Waals surface area contributed by atoms with Gasteiger partial charge in [0.1, 0.15) is 0 Å². The molecular formula is C23H27F2NO4. The fourth-order valence-electron chi connectivity index (χ4n) is 3.23. The van der Waals surface area contributed by atoms with Crippen molar-refractivity contribution in [1.29, 1.82) is 0 Å². The standard InChI is InChI=1S/C23H27F2NO4/c1-3-4-5-6-16(2)20(27)12-11-19-15-23(24,25)22(30)26(19)14-13-17-7-9-18(10-8-17)21(28)29/h7-12,16,19-20,27H,3,6,13-15H2,1-2H3,(H,28,29)/t16-,19?,20-/m1/s1. The monoisotopic (exact) mass is 419 g/mol. The third kappa shape index (κ3) is 6.14. The van der Waals surface area contributed by atoms with Gasteiger partial charge in [-0.2, -0.15) is 8.78 Å². The topological polar surface area (TPSA) is 77.8 Å². The molecule has 1 saturated heterocycles. The Kier molecular flexibility index (Phi) is 8.13. The minimum absolute atomic E-state index is 0.0729. The third-order valence-corrected chi connectivity index (χ3v) is 5.12. The zero-order valence-corrected chi connectivity index (χ0v) is 17.1. The number of rotatable bonds is 8. The van der Waals surface area contributed by atoms with E-state index in [0.717, 1.165) is 16.9 Å². The molecule has 5 nitrogen and oxygen atoms in total. The van der Waals surface area contributed by atoms with E-state index in [9.17, 15) is 23.5 Å². The van der Waals surface area contributed by atoms with Crippen molar-refractivity contribution in [2.24, 2.45) is 5.92 Å². The summed E-state index contributed by atoms with van der Waals surface area (Å²) in [6, 6.07) is 5.28. The summed E-state index contributed by atoms with van der Waals surface area (Å²) in [5.41, 5.74) is 0.879. The Morgan fingerprint density at radius 2 is 2.00 bits per heavy atom. The lowest BCUT2D eigenvalue weighted by molar-refractivity contribution is -0.148. The van der Waals surface area contributed by atoms with Crippen LogP contribution in [-0.4, -0.2) is 51.6 Å². The number of amides is 1. The van der Waals surface area contributed by atoms with E-state index in [4.69, 9.17) is 5.11 Å². The van der Waals surface area contributed by atoms with E-state index in [1.807, 2.05) is 13.8 Å².